The first-order chi connectivity index (χ1) is 14.3. The first-order valence-corrected chi connectivity index (χ1v) is 12.4. The highest BCUT2D eigenvalue weighted by molar-refractivity contribution is 7.88. The van der Waals surface area contributed by atoms with Gasteiger partial charge in [-0.3, -0.25) is 4.79 Å². The van der Waals surface area contributed by atoms with Crippen LogP contribution in [0.1, 0.15) is 40.8 Å². The molecule has 1 aromatic carbocycles. The molecule has 1 aliphatic rings. The zero-order valence-corrected chi connectivity index (χ0v) is 18.4. The highest BCUT2D eigenvalue weighted by Crippen LogP contribution is 2.35. The molecule has 0 aliphatic carbocycles. The molecule has 0 unspecified atom stereocenters. The number of hydrogen-bond donors (Lipinski definition) is 2. The van der Waals surface area contributed by atoms with Crippen LogP contribution in [-0.4, -0.2) is 52.9 Å². The molecule has 10 heteroatoms. The molecule has 158 valence electrons. The van der Waals surface area contributed by atoms with Gasteiger partial charge in [0.15, 0.2) is 5.82 Å². The number of sulfonamides is 1. The number of H-pyrrole nitrogens is 1. The van der Waals surface area contributed by atoms with Crippen molar-refractivity contribution in [1.29, 1.82) is 0 Å². The Morgan fingerprint density at radius 3 is 2.87 bits per heavy atom. The fourth-order valence-electron chi connectivity index (χ4n) is 3.57. The van der Waals surface area contributed by atoms with E-state index in [0.29, 0.717) is 18.8 Å². The summed E-state index contributed by atoms with van der Waals surface area (Å²) in [5, 5.41) is 5.67. The lowest BCUT2D eigenvalue weighted by molar-refractivity contribution is 0.101. The number of nitrogens with one attached hydrogen (secondary N) is 2. The summed E-state index contributed by atoms with van der Waals surface area (Å²) in [6.07, 6.45) is 4.59. The summed E-state index contributed by atoms with van der Waals surface area (Å²) in [5.41, 5.74) is 3.18. The first-order valence-electron chi connectivity index (χ1n) is 9.64. The maximum absolute atomic E-state index is 12.5. The summed E-state index contributed by atoms with van der Waals surface area (Å²) >= 11 is 1.49. The molecule has 8 nitrogen and oxygen atoms in total. The Morgan fingerprint density at radius 2 is 2.13 bits per heavy atom. The summed E-state index contributed by atoms with van der Waals surface area (Å²) < 4.78 is 25.4. The maximum atomic E-state index is 12.5. The Labute approximate surface area is 179 Å². The molecule has 1 saturated heterocycles. The number of amides is 1. The summed E-state index contributed by atoms with van der Waals surface area (Å²) in [6, 6.07) is 7.49. The highest BCUT2D eigenvalue weighted by atomic mass is 32.2. The average molecular weight is 446 g/mol. The van der Waals surface area contributed by atoms with Gasteiger partial charge >= 0.3 is 0 Å². The molecule has 0 spiro atoms. The van der Waals surface area contributed by atoms with Crippen LogP contribution in [0.15, 0.2) is 35.8 Å². The number of para-hydroxylation sites is 1. The van der Waals surface area contributed by atoms with Gasteiger partial charge in [-0.05, 0) is 31.9 Å². The molecule has 0 bridgehead atoms. The van der Waals surface area contributed by atoms with E-state index in [1.807, 2.05) is 36.6 Å². The fourth-order valence-corrected chi connectivity index (χ4v) is 5.42. The molecule has 1 atom stereocenters. The normalized spacial score (nSPS) is 17.7. The van der Waals surface area contributed by atoms with Crippen LogP contribution in [-0.2, 0) is 10.0 Å². The summed E-state index contributed by atoms with van der Waals surface area (Å²) in [6.45, 7) is 2.86. The molecular formula is C20H23N5O3S2. The van der Waals surface area contributed by atoms with Crippen molar-refractivity contribution in [3.63, 3.8) is 0 Å². The zero-order chi connectivity index (χ0) is 21.3. The Kier molecular flexibility index (Phi) is 5.72. The number of thiazole rings is 1. The molecule has 2 N–H and O–H groups in total. The van der Waals surface area contributed by atoms with Crippen LogP contribution in [0.2, 0.25) is 0 Å². The number of carbonyl (C=O) groups excluding carboxylic acids is 1. The van der Waals surface area contributed by atoms with E-state index in [-0.39, 0.29) is 17.6 Å². The van der Waals surface area contributed by atoms with Crippen molar-refractivity contribution < 1.29 is 13.2 Å². The molecule has 2 aromatic heterocycles. The summed E-state index contributed by atoms with van der Waals surface area (Å²) in [4.78, 5) is 24.3. The molecular weight excluding hydrogens is 422 g/mol. The Hall–Kier alpha value is -2.56. The highest BCUT2D eigenvalue weighted by Gasteiger charge is 2.28. The quantitative estimate of drug-likeness (QED) is 0.627. The predicted octanol–water partition coefficient (Wildman–Crippen LogP) is 3.23. The van der Waals surface area contributed by atoms with Crippen LogP contribution in [0.25, 0.3) is 10.6 Å². The third-order valence-corrected chi connectivity index (χ3v) is 7.28. The zero-order valence-electron chi connectivity index (χ0n) is 16.8. The molecule has 1 fully saturated rings. The van der Waals surface area contributed by atoms with E-state index in [9.17, 15) is 13.2 Å². The Bertz CT molecular complexity index is 1170. The van der Waals surface area contributed by atoms with Gasteiger partial charge in [-0.1, -0.05) is 12.1 Å². The third kappa shape index (κ3) is 4.45. The van der Waals surface area contributed by atoms with Crippen molar-refractivity contribution in [2.24, 2.45) is 0 Å². The van der Waals surface area contributed by atoms with E-state index in [1.54, 1.807) is 6.20 Å². The molecule has 1 aliphatic heterocycles. The number of imidazole rings is 1. The molecule has 3 heterocycles. The van der Waals surface area contributed by atoms with E-state index in [0.717, 1.165) is 34.8 Å². The standard InChI is InChI=1S/C20H23N5O3S2/c1-13-10-21-18(22-13)19(26)23-16-8-4-3-7-15(16)20-24-17(12-29-20)14-6-5-9-25(11-14)30(2,27)28/h3-4,7-8,10,12,14H,5-6,9,11H2,1-2H3,(H,21,22)(H,23,26)/t14-/m0/s1. The second-order valence-electron chi connectivity index (χ2n) is 7.45. The number of aryl methyl sites for hydroxylation is 1. The molecule has 0 saturated carbocycles. The van der Waals surface area contributed by atoms with Gasteiger partial charge in [0.05, 0.1) is 17.6 Å². The van der Waals surface area contributed by atoms with Crippen LogP contribution in [0.5, 0.6) is 0 Å². The number of aromatic amines is 1. The van der Waals surface area contributed by atoms with Gasteiger partial charge in [-0.2, -0.15) is 0 Å². The predicted molar refractivity (Wildman–Crippen MR) is 117 cm³/mol. The first kappa shape index (κ1) is 20.7. The topological polar surface area (TPSA) is 108 Å². The number of hydrogen-bond acceptors (Lipinski definition) is 6. The minimum atomic E-state index is -3.20. The monoisotopic (exact) mass is 445 g/mol. The number of anilines is 1. The number of piperidine rings is 1. The summed E-state index contributed by atoms with van der Waals surface area (Å²) in [5.74, 6) is 0.0138. The van der Waals surface area contributed by atoms with Gasteiger partial charge in [0.1, 0.15) is 5.01 Å². The van der Waals surface area contributed by atoms with E-state index in [2.05, 4.69) is 15.3 Å². The molecule has 3 aromatic rings. The second-order valence-corrected chi connectivity index (χ2v) is 10.3. The van der Waals surface area contributed by atoms with E-state index >= 15 is 0 Å². The fraction of sp³-hybridized carbons (Fsp3) is 0.350. The number of nitrogens with zero attached hydrogens (tertiary/aromatic N) is 3. The van der Waals surface area contributed by atoms with E-state index in [4.69, 9.17) is 4.98 Å². The minimum absolute atomic E-state index is 0.0753. The van der Waals surface area contributed by atoms with Crippen molar-refractivity contribution in [3.05, 3.63) is 53.1 Å². The second kappa shape index (κ2) is 8.29. The molecule has 4 rings (SSSR count). The van der Waals surface area contributed by atoms with E-state index < -0.39 is 10.0 Å². The van der Waals surface area contributed by atoms with Crippen LogP contribution < -0.4 is 5.32 Å². The van der Waals surface area contributed by atoms with Crippen molar-refractivity contribution in [2.75, 3.05) is 24.7 Å². The van der Waals surface area contributed by atoms with Crippen LogP contribution in [0.4, 0.5) is 5.69 Å². The SMILES string of the molecule is Cc1cnc(C(=O)Nc2ccccc2-c2nc([C@H]3CCCN(S(C)(=O)=O)C3)cs2)[nH]1. The van der Waals surface area contributed by atoms with Gasteiger partial charge in [-0.15, -0.1) is 11.3 Å². The lowest BCUT2D eigenvalue weighted by Crippen LogP contribution is -2.38. The van der Waals surface area contributed by atoms with Crippen molar-refractivity contribution in [3.8, 4) is 10.6 Å². The van der Waals surface area contributed by atoms with Crippen molar-refractivity contribution in [2.45, 2.75) is 25.7 Å². The smallest absolute Gasteiger partial charge is 0.291 e. The van der Waals surface area contributed by atoms with Crippen LogP contribution >= 0.6 is 11.3 Å². The average Bonchev–Trinajstić information content (AvgIpc) is 3.37. The van der Waals surface area contributed by atoms with Crippen LogP contribution in [0.3, 0.4) is 0 Å². The van der Waals surface area contributed by atoms with Gasteiger partial charge in [0.25, 0.3) is 5.91 Å². The molecule has 1 amide bonds. The summed E-state index contributed by atoms with van der Waals surface area (Å²) in [7, 11) is -3.20. The number of carbonyl (C=O) groups is 1. The Morgan fingerprint density at radius 1 is 1.33 bits per heavy atom. The van der Waals surface area contributed by atoms with Gasteiger partial charge in [0.2, 0.25) is 10.0 Å². The van der Waals surface area contributed by atoms with Crippen LogP contribution in [0, 0.1) is 6.92 Å². The Balaban J connectivity index is 1.56. The van der Waals surface area contributed by atoms with Gasteiger partial charge < -0.3 is 10.3 Å². The minimum Gasteiger partial charge on any atom is -0.338 e. The molecule has 30 heavy (non-hydrogen) atoms. The van der Waals surface area contributed by atoms with Crippen molar-refractivity contribution in [1.82, 2.24) is 19.3 Å². The maximum Gasteiger partial charge on any atom is 0.291 e. The van der Waals surface area contributed by atoms with E-state index in [1.165, 1.54) is 21.9 Å². The third-order valence-electron chi connectivity index (χ3n) is 5.12. The lowest BCUT2D eigenvalue weighted by atomic mass is 9.97. The lowest BCUT2D eigenvalue weighted by Gasteiger charge is -2.30. The number of rotatable bonds is 5. The van der Waals surface area contributed by atoms with Crippen molar-refractivity contribution >= 4 is 33.0 Å². The molecule has 0 radical (unpaired) electrons. The number of benzene rings is 1. The van der Waals surface area contributed by atoms with Gasteiger partial charge in [-0.25, -0.2) is 22.7 Å². The largest absolute Gasteiger partial charge is 0.338 e. The number of aromatic nitrogens is 3. The van der Waals surface area contributed by atoms with Gasteiger partial charge in [0, 0.05) is 41.8 Å².